The van der Waals surface area contributed by atoms with E-state index < -0.39 is 0 Å². The molecule has 2 aromatic carbocycles. The zero-order chi connectivity index (χ0) is 24.4. The highest BCUT2D eigenvalue weighted by atomic mass is 32.1. The number of aryl methyl sites for hydroxylation is 1. The van der Waals surface area contributed by atoms with Crippen molar-refractivity contribution in [1.29, 1.82) is 0 Å². The average molecular weight is 489 g/mol. The smallest absolute Gasteiger partial charge is 0.274 e. The van der Waals surface area contributed by atoms with Gasteiger partial charge in [0.2, 0.25) is 0 Å². The maximum absolute atomic E-state index is 13.9. The van der Waals surface area contributed by atoms with Gasteiger partial charge in [0.1, 0.15) is 11.5 Å². The number of para-hydroxylation sites is 1. The summed E-state index contributed by atoms with van der Waals surface area (Å²) in [6.07, 6.45) is 4.33. The third-order valence-electron chi connectivity index (χ3n) is 6.29. The zero-order valence-corrected chi connectivity index (χ0v) is 20.1. The summed E-state index contributed by atoms with van der Waals surface area (Å²) < 4.78 is 13.9. The van der Waals surface area contributed by atoms with E-state index in [1.54, 1.807) is 24.4 Å². The van der Waals surface area contributed by atoms with E-state index in [2.05, 4.69) is 15.3 Å². The van der Waals surface area contributed by atoms with Gasteiger partial charge in [0.15, 0.2) is 0 Å². The minimum absolute atomic E-state index is 0.148. The van der Waals surface area contributed by atoms with Crippen molar-refractivity contribution in [2.75, 3.05) is 13.1 Å². The molecule has 0 spiro atoms. The number of carbonyl (C=O) groups is 2. The van der Waals surface area contributed by atoms with Gasteiger partial charge in [-0.1, -0.05) is 30.3 Å². The number of likely N-dealkylation sites (tertiary alicyclic amines) is 1. The second-order valence-electron chi connectivity index (χ2n) is 8.66. The molecule has 2 aromatic heterocycles. The minimum atomic E-state index is -0.353. The van der Waals surface area contributed by atoms with Crippen molar-refractivity contribution >= 4 is 34.1 Å². The molecular weight excluding hydrogens is 463 g/mol. The minimum Gasteiger partial charge on any atom is -0.350 e. The molecule has 1 unspecified atom stereocenters. The molecule has 6 nitrogen and oxygen atoms in total. The topological polar surface area (TPSA) is 75.2 Å². The quantitative estimate of drug-likeness (QED) is 0.417. The molecule has 4 aromatic rings. The Labute approximate surface area is 206 Å². The second kappa shape index (κ2) is 9.92. The molecule has 1 saturated heterocycles. The number of fused-ring (bicyclic) bond motifs is 1. The molecule has 3 heterocycles. The predicted octanol–water partition coefficient (Wildman–Crippen LogP) is 5.23. The first-order valence-corrected chi connectivity index (χ1v) is 12.5. The van der Waals surface area contributed by atoms with Crippen molar-refractivity contribution in [3.63, 3.8) is 0 Å². The molecule has 1 N–H and O–H groups in total. The molecule has 1 fully saturated rings. The number of benzene rings is 2. The molecule has 1 aliphatic heterocycles. The number of hydrogen-bond acceptors (Lipinski definition) is 5. The van der Waals surface area contributed by atoms with Crippen LogP contribution in [0.2, 0.25) is 0 Å². The van der Waals surface area contributed by atoms with Crippen LogP contribution in [0.4, 0.5) is 4.39 Å². The summed E-state index contributed by atoms with van der Waals surface area (Å²) >= 11 is 1.38. The number of pyridine rings is 1. The van der Waals surface area contributed by atoms with E-state index in [4.69, 9.17) is 0 Å². The molecule has 2 amide bonds. The van der Waals surface area contributed by atoms with E-state index in [0.29, 0.717) is 40.3 Å². The van der Waals surface area contributed by atoms with Gasteiger partial charge in [-0.15, -0.1) is 11.3 Å². The van der Waals surface area contributed by atoms with Crippen molar-refractivity contribution in [2.45, 2.75) is 32.2 Å². The molecule has 0 bridgehead atoms. The van der Waals surface area contributed by atoms with E-state index in [-0.39, 0.29) is 23.7 Å². The summed E-state index contributed by atoms with van der Waals surface area (Å²) in [5, 5.41) is 4.67. The number of rotatable bonds is 5. The van der Waals surface area contributed by atoms with Gasteiger partial charge in [-0.2, -0.15) is 0 Å². The first-order chi connectivity index (χ1) is 17.0. The SMILES string of the molecule is Cc1nc(C(=O)N2CCCCC2CNC(=O)c2cccc3cccnc23)c(-c2cccc(F)c2)s1. The van der Waals surface area contributed by atoms with Gasteiger partial charge < -0.3 is 10.2 Å². The van der Waals surface area contributed by atoms with Crippen molar-refractivity contribution in [3.8, 4) is 10.4 Å². The summed E-state index contributed by atoms with van der Waals surface area (Å²) in [5.74, 6) is -0.745. The Balaban J connectivity index is 1.36. The highest BCUT2D eigenvalue weighted by Crippen LogP contribution is 2.32. The van der Waals surface area contributed by atoms with E-state index in [9.17, 15) is 14.0 Å². The predicted molar refractivity (Wildman–Crippen MR) is 135 cm³/mol. The van der Waals surface area contributed by atoms with Crippen molar-refractivity contribution < 1.29 is 14.0 Å². The fraction of sp³-hybridized carbons (Fsp3) is 0.259. The molecule has 8 heteroatoms. The van der Waals surface area contributed by atoms with Crippen LogP contribution in [0.3, 0.4) is 0 Å². The number of carbonyl (C=O) groups excluding carboxylic acids is 2. The Morgan fingerprint density at radius 2 is 1.97 bits per heavy atom. The Kier molecular flexibility index (Phi) is 6.55. The fourth-order valence-corrected chi connectivity index (χ4v) is 5.51. The maximum Gasteiger partial charge on any atom is 0.274 e. The Morgan fingerprint density at radius 1 is 1.14 bits per heavy atom. The van der Waals surface area contributed by atoms with E-state index in [1.165, 1.54) is 23.5 Å². The molecule has 35 heavy (non-hydrogen) atoms. The number of aromatic nitrogens is 2. The molecule has 1 aliphatic rings. The summed E-state index contributed by atoms with van der Waals surface area (Å²) in [6.45, 7) is 2.77. The lowest BCUT2D eigenvalue weighted by atomic mass is 10.0. The van der Waals surface area contributed by atoms with Crippen LogP contribution in [0.15, 0.2) is 60.8 Å². The van der Waals surface area contributed by atoms with Crippen LogP contribution in [0, 0.1) is 12.7 Å². The second-order valence-corrected chi connectivity index (χ2v) is 9.86. The first kappa shape index (κ1) is 23.1. The highest BCUT2D eigenvalue weighted by Gasteiger charge is 2.31. The lowest BCUT2D eigenvalue weighted by Gasteiger charge is -2.35. The zero-order valence-electron chi connectivity index (χ0n) is 19.3. The van der Waals surface area contributed by atoms with Crippen molar-refractivity contribution in [3.05, 3.63) is 82.9 Å². The normalized spacial score (nSPS) is 15.8. The standard InChI is InChI=1S/C27H25FN4O2S/c1-17-31-24(25(35-17)19-8-4-10-20(28)15-19)27(34)32-14-3-2-11-21(32)16-30-26(33)22-12-5-7-18-9-6-13-29-23(18)22/h4-10,12-13,15,21H,2-3,11,14,16H2,1H3,(H,30,33). The average Bonchev–Trinajstić information content (AvgIpc) is 3.28. The number of thiazole rings is 1. The lowest BCUT2D eigenvalue weighted by molar-refractivity contribution is 0.0598. The number of hydrogen-bond donors (Lipinski definition) is 1. The summed E-state index contributed by atoms with van der Waals surface area (Å²) in [6, 6.07) is 15.4. The molecule has 178 valence electrons. The van der Waals surface area contributed by atoms with Gasteiger partial charge in [-0.3, -0.25) is 14.6 Å². The molecule has 1 atom stereocenters. The molecule has 0 saturated carbocycles. The highest BCUT2D eigenvalue weighted by molar-refractivity contribution is 7.15. The van der Waals surface area contributed by atoms with Gasteiger partial charge >= 0.3 is 0 Å². The number of amides is 2. The molecule has 0 radical (unpaired) electrons. The van der Waals surface area contributed by atoms with Gasteiger partial charge in [0, 0.05) is 30.7 Å². The first-order valence-electron chi connectivity index (χ1n) is 11.7. The maximum atomic E-state index is 13.9. The van der Waals surface area contributed by atoms with Crippen LogP contribution in [-0.2, 0) is 0 Å². The summed E-state index contributed by atoms with van der Waals surface area (Å²) in [5.41, 5.74) is 2.15. The van der Waals surface area contributed by atoms with Crippen molar-refractivity contribution in [1.82, 2.24) is 20.2 Å². The van der Waals surface area contributed by atoms with Crippen LogP contribution in [0.5, 0.6) is 0 Å². The monoisotopic (exact) mass is 488 g/mol. The van der Waals surface area contributed by atoms with Crippen LogP contribution in [0.1, 0.15) is 45.1 Å². The number of halogens is 1. The number of nitrogens with one attached hydrogen (secondary N) is 1. The van der Waals surface area contributed by atoms with Crippen molar-refractivity contribution in [2.24, 2.45) is 0 Å². The van der Waals surface area contributed by atoms with Gasteiger partial charge in [0.25, 0.3) is 11.8 Å². The largest absolute Gasteiger partial charge is 0.350 e. The van der Waals surface area contributed by atoms with Crippen LogP contribution >= 0.6 is 11.3 Å². The van der Waals surface area contributed by atoms with E-state index in [1.807, 2.05) is 36.1 Å². The molecule has 0 aliphatic carbocycles. The Bertz CT molecular complexity index is 1400. The van der Waals surface area contributed by atoms with Gasteiger partial charge in [-0.25, -0.2) is 9.37 Å². The van der Waals surface area contributed by atoms with Crippen LogP contribution < -0.4 is 5.32 Å². The van der Waals surface area contributed by atoms with Crippen LogP contribution in [-0.4, -0.2) is 45.8 Å². The van der Waals surface area contributed by atoms with E-state index >= 15 is 0 Å². The molecule has 5 rings (SSSR count). The fourth-order valence-electron chi connectivity index (χ4n) is 4.61. The third-order valence-corrected chi connectivity index (χ3v) is 7.31. The van der Waals surface area contributed by atoms with E-state index in [0.717, 1.165) is 29.7 Å². The molecular formula is C27H25FN4O2S. The Hall–Kier alpha value is -3.65. The number of nitrogens with zero attached hydrogens (tertiary/aromatic N) is 3. The van der Waals surface area contributed by atoms with Gasteiger partial charge in [0.05, 0.1) is 21.0 Å². The summed E-state index contributed by atoms with van der Waals surface area (Å²) in [4.78, 5) is 38.0. The Morgan fingerprint density at radius 3 is 2.83 bits per heavy atom. The van der Waals surface area contributed by atoms with Gasteiger partial charge in [-0.05, 0) is 56.0 Å². The van der Waals surface area contributed by atoms with Crippen LogP contribution in [0.25, 0.3) is 21.3 Å². The summed E-state index contributed by atoms with van der Waals surface area (Å²) in [7, 11) is 0. The number of piperidine rings is 1. The third kappa shape index (κ3) is 4.79. The lowest BCUT2D eigenvalue weighted by Crippen LogP contribution is -2.49.